The lowest BCUT2D eigenvalue weighted by atomic mass is 10.2. The molecule has 3 aromatic rings. The van der Waals surface area contributed by atoms with Crippen molar-refractivity contribution in [2.24, 2.45) is 0 Å². The summed E-state index contributed by atoms with van der Waals surface area (Å²) < 4.78 is 55.0. The first-order valence-corrected chi connectivity index (χ1v) is 12.0. The number of nitrogens with one attached hydrogen (secondary N) is 2. The van der Waals surface area contributed by atoms with Gasteiger partial charge in [0, 0.05) is 16.8 Å². The van der Waals surface area contributed by atoms with Crippen LogP contribution < -0.4 is 9.44 Å². The summed E-state index contributed by atoms with van der Waals surface area (Å²) in [7, 11) is -8.23. The highest BCUT2D eigenvalue weighted by Crippen LogP contribution is 2.27. The van der Waals surface area contributed by atoms with Gasteiger partial charge in [0.05, 0.1) is 15.5 Å². The third-order valence-corrected chi connectivity index (χ3v) is 7.26. The van der Waals surface area contributed by atoms with Crippen molar-refractivity contribution in [2.45, 2.75) is 16.7 Å². The number of halogens is 1. The molecule has 0 bridgehead atoms. The highest BCUT2D eigenvalue weighted by Gasteiger charge is 2.25. The van der Waals surface area contributed by atoms with Crippen LogP contribution in [0.15, 0.2) is 76.5 Å². The molecule has 0 fully saturated rings. The number of anilines is 2. The number of nitro groups is 1. The summed E-state index contributed by atoms with van der Waals surface area (Å²) in [6, 6.07) is 14.6. The van der Waals surface area contributed by atoms with E-state index in [1.54, 1.807) is 19.1 Å². The van der Waals surface area contributed by atoms with Gasteiger partial charge in [-0.3, -0.25) is 19.6 Å². The van der Waals surface area contributed by atoms with Crippen molar-refractivity contribution in [3.05, 3.63) is 87.4 Å². The minimum atomic E-state index is -4.27. The molecule has 3 aromatic carbocycles. The molecule has 0 radical (unpaired) electrons. The average Bonchev–Trinajstić information content (AvgIpc) is 2.70. The summed E-state index contributed by atoms with van der Waals surface area (Å²) in [4.78, 5) is 9.69. The van der Waals surface area contributed by atoms with Crippen LogP contribution in [0.25, 0.3) is 0 Å². The Morgan fingerprint density at radius 2 is 1.52 bits per heavy atom. The van der Waals surface area contributed by atoms with Gasteiger partial charge in [0.25, 0.3) is 25.7 Å². The summed E-state index contributed by atoms with van der Waals surface area (Å²) >= 11 is 5.91. The Kier molecular flexibility index (Phi) is 6.20. The maximum Gasteiger partial charge on any atom is 0.289 e. The number of aryl methyl sites for hydroxylation is 1. The highest BCUT2D eigenvalue weighted by molar-refractivity contribution is 7.93. The van der Waals surface area contributed by atoms with E-state index in [9.17, 15) is 26.9 Å². The van der Waals surface area contributed by atoms with Crippen molar-refractivity contribution in [2.75, 3.05) is 9.44 Å². The van der Waals surface area contributed by atoms with Gasteiger partial charge in [0.15, 0.2) is 4.90 Å². The van der Waals surface area contributed by atoms with Gasteiger partial charge < -0.3 is 0 Å². The van der Waals surface area contributed by atoms with E-state index in [0.29, 0.717) is 16.3 Å². The molecule has 162 valence electrons. The van der Waals surface area contributed by atoms with Crippen molar-refractivity contribution in [1.29, 1.82) is 0 Å². The molecular weight excluding hydrogens is 466 g/mol. The van der Waals surface area contributed by atoms with Gasteiger partial charge in [-0.15, -0.1) is 0 Å². The van der Waals surface area contributed by atoms with E-state index in [4.69, 9.17) is 11.6 Å². The van der Waals surface area contributed by atoms with E-state index in [-0.39, 0.29) is 10.6 Å². The lowest BCUT2D eigenvalue weighted by Gasteiger charge is -2.12. The Morgan fingerprint density at radius 1 is 0.871 bits per heavy atom. The standard InChI is InChI=1S/C19H16ClN3O6S2/c1-13-6-7-14(20)12-17(13)22-30(26,27)16-10-8-15(9-11-16)21-31(28,29)19-5-3-2-4-18(19)23(24)25/h2-12,21-22H,1H3. The molecule has 0 aliphatic carbocycles. The average molecular weight is 482 g/mol. The lowest BCUT2D eigenvalue weighted by Crippen LogP contribution is -2.16. The quantitative estimate of drug-likeness (QED) is 0.384. The number of para-hydroxylation sites is 1. The van der Waals surface area contributed by atoms with Gasteiger partial charge in [-0.2, -0.15) is 0 Å². The van der Waals surface area contributed by atoms with E-state index in [1.165, 1.54) is 42.5 Å². The van der Waals surface area contributed by atoms with Crippen molar-refractivity contribution in [3.8, 4) is 0 Å². The molecule has 0 amide bonds. The molecule has 0 aliphatic heterocycles. The molecular formula is C19H16ClN3O6S2. The predicted octanol–water partition coefficient (Wildman–Crippen LogP) is 4.16. The summed E-state index contributed by atoms with van der Waals surface area (Å²) in [5.74, 6) is 0. The number of nitro benzene ring substituents is 1. The molecule has 0 saturated heterocycles. The van der Waals surface area contributed by atoms with Crippen molar-refractivity contribution in [3.63, 3.8) is 0 Å². The Labute approximate surface area is 183 Å². The van der Waals surface area contributed by atoms with Crippen molar-refractivity contribution >= 4 is 48.7 Å². The van der Waals surface area contributed by atoms with Gasteiger partial charge in [-0.1, -0.05) is 29.8 Å². The van der Waals surface area contributed by atoms with Gasteiger partial charge in [0.1, 0.15) is 0 Å². The monoisotopic (exact) mass is 481 g/mol. The first-order valence-electron chi connectivity index (χ1n) is 8.65. The van der Waals surface area contributed by atoms with E-state index in [0.717, 1.165) is 12.1 Å². The summed E-state index contributed by atoms with van der Waals surface area (Å²) in [5.41, 5.74) is 0.446. The molecule has 0 spiro atoms. The summed E-state index contributed by atoms with van der Waals surface area (Å²) in [6.45, 7) is 1.72. The van der Waals surface area contributed by atoms with E-state index in [1.807, 2.05) is 0 Å². The number of sulfonamides is 2. The van der Waals surface area contributed by atoms with E-state index in [2.05, 4.69) is 9.44 Å². The zero-order valence-electron chi connectivity index (χ0n) is 15.9. The Balaban J connectivity index is 1.85. The molecule has 0 aliphatic rings. The van der Waals surface area contributed by atoms with Crippen LogP contribution in [-0.2, 0) is 20.0 Å². The van der Waals surface area contributed by atoms with Crippen LogP contribution in [0, 0.1) is 17.0 Å². The molecule has 0 aromatic heterocycles. The fourth-order valence-corrected chi connectivity index (χ4v) is 5.18. The van der Waals surface area contributed by atoms with Crippen molar-refractivity contribution < 1.29 is 21.8 Å². The Bertz CT molecular complexity index is 1360. The van der Waals surface area contributed by atoms with Crippen LogP contribution in [0.4, 0.5) is 17.1 Å². The minimum absolute atomic E-state index is 0.0380. The third-order valence-electron chi connectivity index (χ3n) is 4.21. The highest BCUT2D eigenvalue weighted by atomic mass is 35.5. The largest absolute Gasteiger partial charge is 0.289 e. The van der Waals surface area contributed by atoms with Crippen LogP contribution in [0.2, 0.25) is 5.02 Å². The molecule has 3 rings (SSSR count). The second kappa shape index (κ2) is 8.53. The topological polar surface area (TPSA) is 135 Å². The van der Waals surface area contributed by atoms with E-state index >= 15 is 0 Å². The molecule has 12 heteroatoms. The minimum Gasteiger partial charge on any atom is -0.279 e. The molecule has 0 saturated carbocycles. The van der Waals surface area contributed by atoms with Crippen LogP contribution in [-0.4, -0.2) is 21.8 Å². The van der Waals surface area contributed by atoms with Gasteiger partial charge >= 0.3 is 0 Å². The fourth-order valence-electron chi connectivity index (χ4n) is 2.66. The molecule has 0 heterocycles. The van der Waals surface area contributed by atoms with Gasteiger partial charge in [-0.05, 0) is 55.0 Å². The van der Waals surface area contributed by atoms with Gasteiger partial charge in [-0.25, -0.2) is 16.8 Å². The normalized spacial score (nSPS) is 11.7. The first kappa shape index (κ1) is 22.5. The zero-order valence-corrected chi connectivity index (χ0v) is 18.3. The van der Waals surface area contributed by atoms with Crippen molar-refractivity contribution in [1.82, 2.24) is 0 Å². The van der Waals surface area contributed by atoms with Gasteiger partial charge in [0.2, 0.25) is 0 Å². The van der Waals surface area contributed by atoms with Crippen LogP contribution in [0.5, 0.6) is 0 Å². The summed E-state index contributed by atoms with van der Waals surface area (Å²) in [6.07, 6.45) is 0. The second-order valence-corrected chi connectivity index (χ2v) is 10.2. The summed E-state index contributed by atoms with van der Waals surface area (Å²) in [5, 5.41) is 11.5. The number of nitrogens with zero attached hydrogens (tertiary/aromatic N) is 1. The predicted molar refractivity (Wildman–Crippen MR) is 117 cm³/mol. The molecule has 9 nitrogen and oxygen atoms in total. The number of hydrogen-bond donors (Lipinski definition) is 2. The first-order chi connectivity index (χ1) is 14.5. The SMILES string of the molecule is Cc1ccc(Cl)cc1NS(=O)(=O)c1ccc(NS(=O)(=O)c2ccccc2[N+](=O)[O-])cc1. The smallest absolute Gasteiger partial charge is 0.279 e. The molecule has 0 atom stereocenters. The molecule has 2 N–H and O–H groups in total. The number of hydrogen-bond acceptors (Lipinski definition) is 6. The number of benzene rings is 3. The Morgan fingerprint density at radius 3 is 2.16 bits per heavy atom. The number of rotatable bonds is 7. The third kappa shape index (κ3) is 5.13. The zero-order chi connectivity index (χ0) is 22.8. The van der Waals surface area contributed by atoms with Crippen LogP contribution in [0.3, 0.4) is 0 Å². The lowest BCUT2D eigenvalue weighted by molar-refractivity contribution is -0.387. The second-order valence-electron chi connectivity index (χ2n) is 6.42. The van der Waals surface area contributed by atoms with Crippen LogP contribution >= 0.6 is 11.6 Å². The maximum atomic E-state index is 12.6. The Hall–Kier alpha value is -3.15. The van der Waals surface area contributed by atoms with E-state index < -0.39 is 35.6 Å². The maximum absolute atomic E-state index is 12.6. The molecule has 0 unspecified atom stereocenters. The fraction of sp³-hybridized carbons (Fsp3) is 0.0526. The van der Waals surface area contributed by atoms with Crippen LogP contribution in [0.1, 0.15) is 5.56 Å². The molecule has 31 heavy (non-hydrogen) atoms.